The minimum absolute atomic E-state index is 0.0370. The van der Waals surface area contributed by atoms with Crippen LogP contribution in [0.25, 0.3) is 0 Å². The number of rotatable bonds is 5. The highest BCUT2D eigenvalue weighted by atomic mass is 16.6. The van der Waals surface area contributed by atoms with E-state index in [1.807, 2.05) is 0 Å². The topological polar surface area (TPSA) is 119 Å². The van der Waals surface area contributed by atoms with E-state index in [2.05, 4.69) is 15.0 Å². The SMILES string of the molecule is CC(=O)OCC1O[C@@H](n2cnc(N=CN(C)C)nc2=O)C[C@H]1O. The molecule has 1 aromatic heterocycles. The summed E-state index contributed by atoms with van der Waals surface area (Å²) in [6, 6.07) is 0. The van der Waals surface area contributed by atoms with Gasteiger partial charge in [0.25, 0.3) is 5.95 Å². The zero-order chi connectivity index (χ0) is 17.0. The Kier molecular flexibility index (Phi) is 5.40. The van der Waals surface area contributed by atoms with Gasteiger partial charge in [0.05, 0.1) is 12.4 Å². The second kappa shape index (κ2) is 7.29. The normalized spacial score (nSPS) is 24.1. The summed E-state index contributed by atoms with van der Waals surface area (Å²) in [5.41, 5.74) is -0.587. The van der Waals surface area contributed by atoms with Crippen molar-refractivity contribution in [3.63, 3.8) is 0 Å². The van der Waals surface area contributed by atoms with E-state index < -0.39 is 30.1 Å². The molecule has 0 saturated carbocycles. The van der Waals surface area contributed by atoms with Gasteiger partial charge in [0.1, 0.15) is 25.3 Å². The minimum Gasteiger partial charge on any atom is -0.463 e. The van der Waals surface area contributed by atoms with Crippen LogP contribution < -0.4 is 5.69 Å². The van der Waals surface area contributed by atoms with Crippen molar-refractivity contribution in [1.82, 2.24) is 19.4 Å². The van der Waals surface area contributed by atoms with Crippen molar-refractivity contribution in [3.05, 3.63) is 16.8 Å². The van der Waals surface area contributed by atoms with Crippen molar-refractivity contribution in [2.24, 2.45) is 4.99 Å². The molecule has 126 valence electrons. The molecule has 1 saturated heterocycles. The molecule has 2 heterocycles. The van der Waals surface area contributed by atoms with Gasteiger partial charge in [0, 0.05) is 27.4 Å². The van der Waals surface area contributed by atoms with Crippen LogP contribution >= 0.6 is 0 Å². The number of hydrogen-bond donors (Lipinski definition) is 1. The van der Waals surface area contributed by atoms with Crippen molar-refractivity contribution in [1.29, 1.82) is 0 Å². The molecule has 1 N–H and O–H groups in total. The highest BCUT2D eigenvalue weighted by Gasteiger charge is 2.36. The average molecular weight is 325 g/mol. The van der Waals surface area contributed by atoms with E-state index in [0.717, 1.165) is 0 Å². The molecular weight excluding hydrogens is 306 g/mol. The number of esters is 1. The van der Waals surface area contributed by atoms with E-state index in [-0.39, 0.29) is 19.0 Å². The molecule has 1 unspecified atom stereocenters. The summed E-state index contributed by atoms with van der Waals surface area (Å²) in [7, 11) is 3.56. The molecule has 0 radical (unpaired) electrons. The van der Waals surface area contributed by atoms with E-state index in [1.165, 1.54) is 24.2 Å². The molecule has 0 amide bonds. The van der Waals surface area contributed by atoms with Crippen molar-refractivity contribution in [3.8, 4) is 0 Å². The first-order valence-corrected chi connectivity index (χ1v) is 6.99. The molecule has 1 aliphatic rings. The van der Waals surface area contributed by atoms with Crippen LogP contribution in [-0.2, 0) is 14.3 Å². The Morgan fingerprint density at radius 2 is 2.39 bits per heavy atom. The molecular formula is C13H19N5O5. The van der Waals surface area contributed by atoms with Crippen molar-refractivity contribution >= 4 is 18.3 Å². The molecule has 2 rings (SSSR count). The smallest absolute Gasteiger partial charge is 0.354 e. The van der Waals surface area contributed by atoms with Gasteiger partial charge in [0.15, 0.2) is 0 Å². The van der Waals surface area contributed by atoms with E-state index in [9.17, 15) is 14.7 Å². The maximum atomic E-state index is 12.0. The maximum absolute atomic E-state index is 12.0. The van der Waals surface area contributed by atoms with Gasteiger partial charge in [-0.2, -0.15) is 4.98 Å². The molecule has 1 aromatic rings. The lowest BCUT2D eigenvalue weighted by Gasteiger charge is -2.15. The number of aliphatic hydroxyl groups is 1. The Balaban J connectivity index is 2.08. The van der Waals surface area contributed by atoms with Gasteiger partial charge in [-0.05, 0) is 0 Å². The van der Waals surface area contributed by atoms with Crippen molar-refractivity contribution < 1.29 is 19.4 Å². The quantitative estimate of drug-likeness (QED) is 0.419. The van der Waals surface area contributed by atoms with Gasteiger partial charge < -0.3 is 19.5 Å². The third-order valence-electron chi connectivity index (χ3n) is 3.08. The van der Waals surface area contributed by atoms with Crippen molar-refractivity contribution in [2.75, 3.05) is 20.7 Å². The van der Waals surface area contributed by atoms with Crippen LogP contribution in [0, 0.1) is 0 Å². The van der Waals surface area contributed by atoms with Gasteiger partial charge in [-0.1, -0.05) is 0 Å². The van der Waals surface area contributed by atoms with Gasteiger partial charge in [-0.15, -0.1) is 0 Å². The van der Waals surface area contributed by atoms with Crippen LogP contribution in [0.15, 0.2) is 16.1 Å². The first-order valence-electron chi connectivity index (χ1n) is 6.99. The molecule has 0 bridgehead atoms. The number of aromatic nitrogens is 3. The zero-order valence-electron chi connectivity index (χ0n) is 13.1. The van der Waals surface area contributed by atoms with Gasteiger partial charge in [-0.25, -0.2) is 14.8 Å². The predicted molar refractivity (Wildman–Crippen MR) is 79.3 cm³/mol. The van der Waals surface area contributed by atoms with Crippen LogP contribution in [0.2, 0.25) is 0 Å². The summed E-state index contributed by atoms with van der Waals surface area (Å²) in [5.74, 6) is -0.428. The van der Waals surface area contributed by atoms with E-state index in [0.29, 0.717) is 0 Å². The fraction of sp³-hybridized carbons (Fsp3) is 0.615. The first-order chi connectivity index (χ1) is 10.9. The van der Waals surface area contributed by atoms with Crippen LogP contribution in [0.1, 0.15) is 19.6 Å². The fourth-order valence-electron chi connectivity index (χ4n) is 2.00. The molecule has 0 aromatic carbocycles. The summed E-state index contributed by atoms with van der Waals surface area (Å²) in [5, 5.41) is 9.92. The van der Waals surface area contributed by atoms with Gasteiger partial charge in [0.2, 0.25) is 0 Å². The number of aliphatic hydroxyl groups excluding tert-OH is 1. The zero-order valence-corrected chi connectivity index (χ0v) is 13.1. The molecule has 1 fully saturated rings. The van der Waals surface area contributed by atoms with Gasteiger partial charge in [-0.3, -0.25) is 9.36 Å². The van der Waals surface area contributed by atoms with Crippen LogP contribution in [0.5, 0.6) is 0 Å². The number of hydrogen-bond acceptors (Lipinski definition) is 8. The first kappa shape index (κ1) is 17.0. The average Bonchev–Trinajstić information content (AvgIpc) is 2.84. The summed E-state index contributed by atoms with van der Waals surface area (Å²) in [6.45, 7) is 1.19. The minimum atomic E-state index is -0.849. The Morgan fingerprint density at radius 3 is 3.00 bits per heavy atom. The number of nitrogens with zero attached hydrogens (tertiary/aromatic N) is 5. The Labute approximate surface area is 132 Å². The summed E-state index contributed by atoms with van der Waals surface area (Å²) >= 11 is 0. The lowest BCUT2D eigenvalue weighted by molar-refractivity contribution is -0.147. The lowest BCUT2D eigenvalue weighted by atomic mass is 10.2. The highest BCUT2D eigenvalue weighted by molar-refractivity contribution is 5.65. The maximum Gasteiger partial charge on any atom is 0.354 e. The fourth-order valence-corrected chi connectivity index (χ4v) is 2.00. The van der Waals surface area contributed by atoms with Crippen LogP contribution in [0.3, 0.4) is 0 Å². The summed E-state index contributed by atoms with van der Waals surface area (Å²) in [6.07, 6.45) is 0.660. The van der Waals surface area contributed by atoms with Crippen molar-refractivity contribution in [2.45, 2.75) is 31.8 Å². The molecule has 0 spiro atoms. The van der Waals surface area contributed by atoms with Crippen LogP contribution in [-0.4, -0.2) is 69.8 Å². The summed E-state index contributed by atoms with van der Waals surface area (Å²) < 4.78 is 11.5. The van der Waals surface area contributed by atoms with Gasteiger partial charge >= 0.3 is 11.7 Å². The Hall–Kier alpha value is -2.33. The lowest BCUT2D eigenvalue weighted by Crippen LogP contribution is -2.29. The molecule has 3 atom stereocenters. The Bertz CT molecular complexity index is 644. The molecule has 10 nitrogen and oxygen atoms in total. The standard InChI is InChI=1S/C13H19N5O5/c1-8(19)22-5-10-9(20)4-11(23-10)18-7-15-12(16-13(18)21)14-6-17(2)3/h6-7,9-11,20H,4-5H2,1-3H3/t9-,10?,11-/m1/s1. The number of aliphatic imine (C=N–C) groups is 1. The largest absolute Gasteiger partial charge is 0.463 e. The monoisotopic (exact) mass is 325 g/mol. The molecule has 0 aliphatic carbocycles. The highest BCUT2D eigenvalue weighted by Crippen LogP contribution is 2.27. The Morgan fingerprint density at radius 1 is 1.65 bits per heavy atom. The molecule has 23 heavy (non-hydrogen) atoms. The number of carbonyl (C=O) groups excluding carboxylic acids is 1. The predicted octanol–water partition coefficient (Wildman–Crippen LogP) is -0.929. The summed E-state index contributed by atoms with van der Waals surface area (Å²) in [4.78, 5) is 36.2. The van der Waals surface area contributed by atoms with E-state index >= 15 is 0 Å². The second-order valence-corrected chi connectivity index (χ2v) is 5.29. The van der Waals surface area contributed by atoms with E-state index in [4.69, 9.17) is 9.47 Å². The molecule has 10 heteroatoms. The number of carbonyl (C=O) groups is 1. The number of ether oxygens (including phenoxy) is 2. The van der Waals surface area contributed by atoms with E-state index in [1.54, 1.807) is 19.0 Å². The molecule has 1 aliphatic heterocycles. The van der Waals surface area contributed by atoms with Crippen LogP contribution in [0.4, 0.5) is 5.95 Å². The second-order valence-electron chi connectivity index (χ2n) is 5.29. The third kappa shape index (κ3) is 4.57. The third-order valence-corrected chi connectivity index (χ3v) is 3.08.